The van der Waals surface area contributed by atoms with Crippen molar-refractivity contribution in [1.29, 1.82) is 0 Å². The average Bonchev–Trinajstić information content (AvgIpc) is 3.07. The summed E-state index contributed by atoms with van der Waals surface area (Å²) in [5.74, 6) is 1.63. The minimum atomic E-state index is 0. The second-order valence-corrected chi connectivity index (χ2v) is 8.67. The van der Waals surface area contributed by atoms with Crippen LogP contribution < -0.4 is 5.32 Å². The molecule has 160 valence electrons. The maximum Gasteiger partial charge on any atom is 0.193 e. The highest BCUT2D eigenvalue weighted by molar-refractivity contribution is 14.0. The van der Waals surface area contributed by atoms with Crippen LogP contribution in [0.15, 0.2) is 35.3 Å². The Bertz CT molecular complexity index is 577. The molecule has 0 bridgehead atoms. The molecule has 1 N–H and O–H groups in total. The second-order valence-electron chi connectivity index (χ2n) is 8.67. The summed E-state index contributed by atoms with van der Waals surface area (Å²) in [6.45, 7) is 13.1. The number of aliphatic imine (C=N–C) groups is 1. The highest BCUT2D eigenvalue weighted by Crippen LogP contribution is 2.19. The van der Waals surface area contributed by atoms with Gasteiger partial charge in [-0.2, -0.15) is 0 Å². The number of rotatable bonds is 9. The lowest BCUT2D eigenvalue weighted by Crippen LogP contribution is -2.41. The molecular weight excluding hydrogens is 463 g/mol. The Balaban J connectivity index is 0.00000392. The van der Waals surface area contributed by atoms with Gasteiger partial charge in [-0.1, -0.05) is 44.2 Å². The minimum Gasteiger partial charge on any atom is -0.376 e. The SMILES string of the molecule is CCNC(=NCC(C)(C)CN(C)C)N1CCC(COCc2ccccc2)C1.I. The van der Waals surface area contributed by atoms with Gasteiger partial charge in [0.1, 0.15) is 0 Å². The summed E-state index contributed by atoms with van der Waals surface area (Å²) < 4.78 is 5.96. The monoisotopic (exact) mass is 502 g/mol. The standard InChI is InChI=1S/C22H38N4O.HI/c1-6-23-21(24-17-22(2,3)18-25(4)5)26-13-12-20(14-26)16-27-15-19-10-8-7-9-11-19;/h7-11,20H,6,12-18H2,1-5H3,(H,23,24);1H. The number of nitrogens with one attached hydrogen (secondary N) is 1. The lowest BCUT2D eigenvalue weighted by atomic mass is 9.93. The zero-order chi connectivity index (χ0) is 19.7. The Hall–Kier alpha value is -0.860. The molecule has 1 heterocycles. The number of guanidine groups is 1. The van der Waals surface area contributed by atoms with Gasteiger partial charge in [0.25, 0.3) is 0 Å². The van der Waals surface area contributed by atoms with Crippen molar-refractivity contribution >= 4 is 29.9 Å². The molecule has 1 unspecified atom stereocenters. The third-order valence-electron chi connectivity index (χ3n) is 4.79. The van der Waals surface area contributed by atoms with Crippen LogP contribution in [0.25, 0.3) is 0 Å². The number of ether oxygens (including phenoxy) is 1. The van der Waals surface area contributed by atoms with Crippen LogP contribution in [-0.4, -0.2) is 69.2 Å². The molecule has 0 aliphatic carbocycles. The molecule has 0 radical (unpaired) electrons. The van der Waals surface area contributed by atoms with Crippen molar-refractivity contribution in [3.05, 3.63) is 35.9 Å². The molecule has 0 amide bonds. The van der Waals surface area contributed by atoms with Crippen LogP contribution in [0.4, 0.5) is 0 Å². The van der Waals surface area contributed by atoms with Crippen molar-refractivity contribution in [3.63, 3.8) is 0 Å². The lowest BCUT2D eigenvalue weighted by molar-refractivity contribution is 0.0906. The van der Waals surface area contributed by atoms with Gasteiger partial charge in [-0.3, -0.25) is 4.99 Å². The molecule has 5 nitrogen and oxygen atoms in total. The van der Waals surface area contributed by atoms with Crippen molar-refractivity contribution in [2.75, 3.05) is 53.4 Å². The van der Waals surface area contributed by atoms with Gasteiger partial charge in [0, 0.05) is 38.6 Å². The maximum absolute atomic E-state index is 5.96. The van der Waals surface area contributed by atoms with Crippen molar-refractivity contribution < 1.29 is 4.74 Å². The normalized spacial score (nSPS) is 17.7. The number of hydrogen-bond acceptors (Lipinski definition) is 3. The Morgan fingerprint density at radius 3 is 2.64 bits per heavy atom. The van der Waals surface area contributed by atoms with E-state index in [1.54, 1.807) is 0 Å². The Kier molecular flexibility index (Phi) is 11.4. The van der Waals surface area contributed by atoms with E-state index in [1.165, 1.54) is 12.0 Å². The molecule has 1 aromatic rings. The van der Waals surface area contributed by atoms with Crippen LogP contribution in [0.3, 0.4) is 0 Å². The van der Waals surface area contributed by atoms with E-state index in [9.17, 15) is 0 Å². The third kappa shape index (κ3) is 9.09. The smallest absolute Gasteiger partial charge is 0.193 e. The summed E-state index contributed by atoms with van der Waals surface area (Å²) in [4.78, 5) is 9.58. The fourth-order valence-electron chi connectivity index (χ4n) is 3.70. The zero-order valence-corrected chi connectivity index (χ0v) is 20.6. The molecule has 1 aliphatic heterocycles. The number of benzene rings is 1. The average molecular weight is 502 g/mol. The largest absolute Gasteiger partial charge is 0.376 e. The molecule has 0 spiro atoms. The van der Waals surface area contributed by atoms with E-state index in [0.29, 0.717) is 12.5 Å². The first-order chi connectivity index (χ1) is 12.9. The molecule has 1 saturated heterocycles. The first-order valence-electron chi connectivity index (χ1n) is 10.2. The number of hydrogen-bond donors (Lipinski definition) is 1. The molecule has 0 saturated carbocycles. The lowest BCUT2D eigenvalue weighted by Gasteiger charge is -2.28. The molecule has 6 heteroatoms. The van der Waals surface area contributed by atoms with Crippen LogP contribution >= 0.6 is 24.0 Å². The molecule has 0 aromatic heterocycles. The number of nitrogens with zero attached hydrogens (tertiary/aromatic N) is 3. The quantitative estimate of drug-likeness (QED) is 0.318. The number of likely N-dealkylation sites (tertiary alicyclic amines) is 1. The van der Waals surface area contributed by atoms with Crippen LogP contribution in [0.5, 0.6) is 0 Å². The van der Waals surface area contributed by atoms with Gasteiger partial charge in [0.05, 0.1) is 13.2 Å². The fourth-order valence-corrected chi connectivity index (χ4v) is 3.70. The summed E-state index contributed by atoms with van der Waals surface area (Å²) in [6.07, 6.45) is 1.17. The van der Waals surface area contributed by atoms with Gasteiger partial charge in [0.2, 0.25) is 0 Å². The topological polar surface area (TPSA) is 40.1 Å². The molecule has 1 aliphatic rings. The van der Waals surface area contributed by atoms with Gasteiger partial charge >= 0.3 is 0 Å². The van der Waals surface area contributed by atoms with E-state index in [0.717, 1.165) is 45.3 Å². The van der Waals surface area contributed by atoms with Gasteiger partial charge in [-0.25, -0.2) is 0 Å². The Labute approximate surface area is 188 Å². The first kappa shape index (κ1) is 25.2. The van der Waals surface area contributed by atoms with E-state index in [2.05, 4.69) is 74.2 Å². The summed E-state index contributed by atoms with van der Waals surface area (Å²) in [6, 6.07) is 10.4. The van der Waals surface area contributed by atoms with E-state index in [1.807, 2.05) is 6.07 Å². The Morgan fingerprint density at radius 1 is 1.29 bits per heavy atom. The van der Waals surface area contributed by atoms with Crippen LogP contribution in [0, 0.1) is 11.3 Å². The Morgan fingerprint density at radius 2 is 2.00 bits per heavy atom. The maximum atomic E-state index is 5.96. The van der Waals surface area contributed by atoms with E-state index >= 15 is 0 Å². The summed E-state index contributed by atoms with van der Waals surface area (Å²) in [5.41, 5.74) is 1.41. The molecule has 1 fully saturated rings. The minimum absolute atomic E-state index is 0. The van der Waals surface area contributed by atoms with E-state index in [-0.39, 0.29) is 29.4 Å². The molecule has 1 atom stereocenters. The summed E-state index contributed by atoms with van der Waals surface area (Å²) in [5, 5.41) is 3.47. The first-order valence-corrected chi connectivity index (χ1v) is 10.2. The molecule has 1 aromatic carbocycles. The second kappa shape index (κ2) is 12.6. The molecule has 2 rings (SSSR count). The van der Waals surface area contributed by atoms with Crippen LogP contribution in [-0.2, 0) is 11.3 Å². The highest BCUT2D eigenvalue weighted by Gasteiger charge is 2.26. The predicted octanol–water partition coefficient (Wildman–Crippen LogP) is 3.70. The summed E-state index contributed by atoms with van der Waals surface area (Å²) >= 11 is 0. The van der Waals surface area contributed by atoms with Crippen molar-refractivity contribution in [2.24, 2.45) is 16.3 Å². The van der Waals surface area contributed by atoms with Gasteiger partial charge in [-0.15, -0.1) is 24.0 Å². The van der Waals surface area contributed by atoms with E-state index < -0.39 is 0 Å². The van der Waals surface area contributed by atoms with Gasteiger partial charge in [-0.05, 0) is 38.4 Å². The van der Waals surface area contributed by atoms with Gasteiger partial charge < -0.3 is 19.9 Å². The molecular formula is C22H39IN4O. The van der Waals surface area contributed by atoms with E-state index in [4.69, 9.17) is 9.73 Å². The molecule has 28 heavy (non-hydrogen) atoms. The van der Waals surface area contributed by atoms with Crippen molar-refractivity contribution in [3.8, 4) is 0 Å². The van der Waals surface area contributed by atoms with Crippen molar-refractivity contribution in [1.82, 2.24) is 15.1 Å². The zero-order valence-electron chi connectivity index (χ0n) is 18.3. The fraction of sp³-hybridized carbons (Fsp3) is 0.682. The third-order valence-corrected chi connectivity index (χ3v) is 4.79. The van der Waals surface area contributed by atoms with Crippen LogP contribution in [0.2, 0.25) is 0 Å². The highest BCUT2D eigenvalue weighted by atomic mass is 127. The summed E-state index contributed by atoms with van der Waals surface area (Å²) in [7, 11) is 4.24. The van der Waals surface area contributed by atoms with Crippen LogP contribution in [0.1, 0.15) is 32.8 Å². The van der Waals surface area contributed by atoms with Gasteiger partial charge in [0.15, 0.2) is 5.96 Å². The number of halogens is 1. The predicted molar refractivity (Wildman–Crippen MR) is 130 cm³/mol. The van der Waals surface area contributed by atoms with Crippen molar-refractivity contribution in [2.45, 2.75) is 33.8 Å².